The van der Waals surface area contributed by atoms with E-state index in [9.17, 15) is 0 Å². The molecule has 0 unspecified atom stereocenters. The lowest BCUT2D eigenvalue weighted by atomic mass is 10.2. The van der Waals surface area contributed by atoms with Crippen LogP contribution in [0.5, 0.6) is 0 Å². The van der Waals surface area contributed by atoms with Gasteiger partial charge in [0.2, 0.25) is 5.13 Å². The number of hydrogen-bond acceptors (Lipinski definition) is 5. The predicted octanol–water partition coefficient (Wildman–Crippen LogP) is 2.78. The minimum atomic E-state index is 0.268. The number of thiocarbonyl (C=S) groups is 1. The summed E-state index contributed by atoms with van der Waals surface area (Å²) >= 11 is 6.76. The fourth-order valence-corrected chi connectivity index (χ4v) is 3.05. The van der Waals surface area contributed by atoms with Gasteiger partial charge in [-0.15, -0.1) is 11.3 Å². The molecular weight excluding hydrogens is 316 g/mol. The van der Waals surface area contributed by atoms with Crippen molar-refractivity contribution in [1.82, 2.24) is 15.7 Å². The van der Waals surface area contributed by atoms with Crippen molar-refractivity contribution in [3.8, 4) is 11.3 Å². The van der Waals surface area contributed by atoms with Crippen LogP contribution in [0.1, 0.15) is 12.8 Å². The van der Waals surface area contributed by atoms with Crippen LogP contribution >= 0.6 is 23.6 Å². The number of thiazole rings is 1. The van der Waals surface area contributed by atoms with Crippen LogP contribution in [-0.2, 0) is 4.74 Å². The Bertz CT molecular complexity index is 611. The molecule has 1 aromatic heterocycles. The highest BCUT2D eigenvalue weighted by atomic mass is 32.1. The van der Waals surface area contributed by atoms with Crippen LogP contribution in [0.15, 0.2) is 35.7 Å². The van der Waals surface area contributed by atoms with E-state index in [-0.39, 0.29) is 6.10 Å². The van der Waals surface area contributed by atoms with Crippen molar-refractivity contribution in [2.24, 2.45) is 0 Å². The van der Waals surface area contributed by atoms with Gasteiger partial charge < -0.3 is 10.1 Å². The first-order valence-corrected chi connectivity index (χ1v) is 8.52. The van der Waals surface area contributed by atoms with Gasteiger partial charge >= 0.3 is 0 Å². The Morgan fingerprint density at radius 1 is 1.36 bits per heavy atom. The summed E-state index contributed by atoms with van der Waals surface area (Å²) in [6.45, 7) is 1.59. The summed E-state index contributed by atoms with van der Waals surface area (Å²) in [5, 5.41) is 6.49. The summed E-state index contributed by atoms with van der Waals surface area (Å²) in [5.74, 6) is 0. The molecule has 1 aliphatic heterocycles. The van der Waals surface area contributed by atoms with E-state index in [2.05, 4.69) is 21.2 Å². The number of anilines is 1. The molecule has 22 heavy (non-hydrogen) atoms. The SMILES string of the molecule is S=C(NC[C@@H]1CCCO1)NNc1nc(-c2ccccc2)cs1. The molecule has 0 aliphatic carbocycles. The number of nitrogens with zero attached hydrogens (tertiary/aromatic N) is 1. The highest BCUT2D eigenvalue weighted by Gasteiger charge is 2.15. The molecule has 2 aromatic rings. The highest BCUT2D eigenvalue weighted by Crippen LogP contribution is 2.23. The minimum Gasteiger partial charge on any atom is -0.376 e. The molecule has 1 fully saturated rings. The van der Waals surface area contributed by atoms with Gasteiger partial charge in [0, 0.05) is 24.1 Å². The minimum absolute atomic E-state index is 0.268. The molecule has 5 nitrogen and oxygen atoms in total. The number of nitrogens with one attached hydrogen (secondary N) is 3. The zero-order valence-corrected chi connectivity index (χ0v) is 13.7. The van der Waals surface area contributed by atoms with Gasteiger partial charge in [0.1, 0.15) is 0 Å². The molecule has 0 saturated carbocycles. The Balaban J connectivity index is 1.45. The molecule has 0 bridgehead atoms. The van der Waals surface area contributed by atoms with E-state index in [0.29, 0.717) is 5.11 Å². The van der Waals surface area contributed by atoms with Crippen molar-refractivity contribution in [1.29, 1.82) is 0 Å². The van der Waals surface area contributed by atoms with E-state index in [1.54, 1.807) is 0 Å². The molecule has 1 atom stereocenters. The zero-order valence-electron chi connectivity index (χ0n) is 12.0. The molecule has 0 radical (unpaired) electrons. The second-order valence-electron chi connectivity index (χ2n) is 5.00. The molecular formula is C15H18N4OS2. The molecule has 7 heteroatoms. The quantitative estimate of drug-likeness (QED) is 0.577. The van der Waals surface area contributed by atoms with Crippen LogP contribution < -0.4 is 16.2 Å². The Morgan fingerprint density at radius 3 is 3.00 bits per heavy atom. The molecule has 1 saturated heterocycles. The van der Waals surface area contributed by atoms with Gasteiger partial charge in [-0.25, -0.2) is 4.98 Å². The second-order valence-corrected chi connectivity index (χ2v) is 6.27. The third-order valence-corrected chi connectivity index (χ3v) is 4.38. The first-order chi connectivity index (χ1) is 10.8. The fraction of sp³-hybridized carbons (Fsp3) is 0.333. The zero-order chi connectivity index (χ0) is 15.2. The van der Waals surface area contributed by atoms with Crippen molar-refractivity contribution in [2.75, 3.05) is 18.6 Å². The van der Waals surface area contributed by atoms with Gasteiger partial charge in [0.15, 0.2) is 5.11 Å². The Kier molecular flexibility index (Phi) is 5.20. The highest BCUT2D eigenvalue weighted by molar-refractivity contribution is 7.80. The van der Waals surface area contributed by atoms with E-state index in [0.717, 1.165) is 42.4 Å². The summed E-state index contributed by atoms with van der Waals surface area (Å²) in [7, 11) is 0. The predicted molar refractivity (Wildman–Crippen MR) is 93.9 cm³/mol. The van der Waals surface area contributed by atoms with Crippen LogP contribution in [0.2, 0.25) is 0 Å². The number of aromatic nitrogens is 1. The molecule has 2 heterocycles. The Hall–Kier alpha value is -1.70. The first kappa shape index (κ1) is 15.2. The van der Waals surface area contributed by atoms with Crippen molar-refractivity contribution in [3.05, 3.63) is 35.7 Å². The van der Waals surface area contributed by atoms with Gasteiger partial charge in [0.25, 0.3) is 0 Å². The molecule has 1 aromatic carbocycles. The lowest BCUT2D eigenvalue weighted by molar-refractivity contribution is 0.114. The topological polar surface area (TPSA) is 58.2 Å². The molecule has 1 aliphatic rings. The summed E-state index contributed by atoms with van der Waals surface area (Å²) in [6.07, 6.45) is 2.49. The number of hydrogen-bond donors (Lipinski definition) is 3. The summed E-state index contributed by atoms with van der Waals surface area (Å²) in [5.41, 5.74) is 8.03. The molecule has 116 valence electrons. The number of rotatable bonds is 5. The number of benzene rings is 1. The maximum absolute atomic E-state index is 5.54. The van der Waals surface area contributed by atoms with Crippen molar-refractivity contribution in [3.63, 3.8) is 0 Å². The van der Waals surface area contributed by atoms with Crippen molar-refractivity contribution in [2.45, 2.75) is 18.9 Å². The van der Waals surface area contributed by atoms with Gasteiger partial charge in [0.05, 0.1) is 11.8 Å². The van der Waals surface area contributed by atoms with E-state index in [4.69, 9.17) is 17.0 Å². The van der Waals surface area contributed by atoms with Gasteiger partial charge in [-0.3, -0.25) is 10.9 Å². The monoisotopic (exact) mass is 334 g/mol. The standard InChI is InChI=1S/C15H18N4OS2/c21-14(16-9-12-7-4-8-20-12)18-19-15-17-13(10-22-15)11-5-2-1-3-6-11/h1-3,5-6,10,12H,4,7-9H2,(H,17,19)(H2,16,18,21)/t12-/m0/s1. The van der Waals surface area contributed by atoms with E-state index >= 15 is 0 Å². The maximum Gasteiger partial charge on any atom is 0.202 e. The Morgan fingerprint density at radius 2 is 2.23 bits per heavy atom. The van der Waals surface area contributed by atoms with Gasteiger partial charge in [-0.2, -0.15) is 0 Å². The largest absolute Gasteiger partial charge is 0.376 e. The number of ether oxygens (including phenoxy) is 1. The van der Waals surface area contributed by atoms with Crippen LogP contribution in [-0.4, -0.2) is 29.4 Å². The Labute approximate surface area is 139 Å². The smallest absolute Gasteiger partial charge is 0.202 e. The van der Waals surface area contributed by atoms with Crippen molar-refractivity contribution < 1.29 is 4.74 Å². The van der Waals surface area contributed by atoms with Crippen LogP contribution in [0.4, 0.5) is 5.13 Å². The lowest BCUT2D eigenvalue weighted by Gasteiger charge is -2.13. The summed E-state index contributed by atoms with van der Waals surface area (Å²) in [6, 6.07) is 10.1. The molecule has 3 rings (SSSR count). The number of hydrazine groups is 1. The average molecular weight is 334 g/mol. The lowest BCUT2D eigenvalue weighted by Crippen LogP contribution is -2.41. The normalized spacial score (nSPS) is 17.2. The first-order valence-electron chi connectivity index (χ1n) is 7.23. The second kappa shape index (κ2) is 7.53. The summed E-state index contributed by atoms with van der Waals surface area (Å²) in [4.78, 5) is 4.52. The average Bonchev–Trinajstić information content (AvgIpc) is 3.23. The van der Waals surface area contributed by atoms with Gasteiger partial charge in [-0.05, 0) is 25.1 Å². The van der Waals surface area contributed by atoms with E-state index < -0.39 is 0 Å². The third kappa shape index (κ3) is 4.16. The molecule has 0 amide bonds. The van der Waals surface area contributed by atoms with E-state index in [1.807, 2.05) is 35.7 Å². The van der Waals surface area contributed by atoms with Crippen LogP contribution in [0.3, 0.4) is 0 Å². The van der Waals surface area contributed by atoms with Crippen LogP contribution in [0.25, 0.3) is 11.3 Å². The molecule has 0 spiro atoms. The van der Waals surface area contributed by atoms with E-state index in [1.165, 1.54) is 11.3 Å². The van der Waals surface area contributed by atoms with Crippen molar-refractivity contribution >= 4 is 33.8 Å². The summed E-state index contributed by atoms with van der Waals surface area (Å²) < 4.78 is 5.54. The third-order valence-electron chi connectivity index (χ3n) is 3.37. The fourth-order valence-electron chi connectivity index (χ4n) is 2.24. The van der Waals surface area contributed by atoms with Gasteiger partial charge in [-0.1, -0.05) is 30.3 Å². The maximum atomic E-state index is 5.54. The van der Waals surface area contributed by atoms with Crippen LogP contribution in [0, 0.1) is 0 Å². The molecule has 3 N–H and O–H groups in total.